The summed E-state index contributed by atoms with van der Waals surface area (Å²) in [6, 6.07) is 19.5. The van der Waals surface area contributed by atoms with Crippen molar-refractivity contribution in [1.82, 2.24) is 9.97 Å². The van der Waals surface area contributed by atoms with Gasteiger partial charge in [0.1, 0.15) is 10.8 Å². The third-order valence-corrected chi connectivity index (χ3v) is 6.37. The van der Waals surface area contributed by atoms with Crippen LogP contribution in [0.2, 0.25) is 5.02 Å². The van der Waals surface area contributed by atoms with E-state index in [9.17, 15) is 9.59 Å². The molecule has 0 saturated heterocycles. The second-order valence-corrected chi connectivity index (χ2v) is 9.51. The van der Waals surface area contributed by atoms with Crippen molar-refractivity contribution in [2.75, 3.05) is 16.0 Å². The van der Waals surface area contributed by atoms with Crippen molar-refractivity contribution < 1.29 is 9.59 Å². The number of anilines is 3. The number of pyridine rings is 2. The highest BCUT2D eigenvalue weighted by atomic mass is 35.5. The van der Waals surface area contributed by atoms with Gasteiger partial charge in [0, 0.05) is 34.5 Å². The van der Waals surface area contributed by atoms with Crippen molar-refractivity contribution in [3.8, 4) is 0 Å². The molecule has 4 aromatic rings. The SMILES string of the molecule is Cc1cc(C)cc(NC(=O)c2cccnc2SCc2ccnc(NC(=O)Nc3ccc(Cl)cc3)c2)c1. The Balaban J connectivity index is 1.39. The lowest BCUT2D eigenvalue weighted by atomic mass is 10.1. The number of urea groups is 1. The summed E-state index contributed by atoms with van der Waals surface area (Å²) in [5.41, 5.74) is 4.94. The minimum atomic E-state index is -0.412. The monoisotopic (exact) mass is 517 g/mol. The minimum Gasteiger partial charge on any atom is -0.322 e. The molecular weight excluding hydrogens is 494 g/mol. The van der Waals surface area contributed by atoms with Gasteiger partial charge in [-0.3, -0.25) is 10.1 Å². The molecule has 0 bridgehead atoms. The van der Waals surface area contributed by atoms with Crippen LogP contribution in [0, 0.1) is 13.8 Å². The highest BCUT2D eigenvalue weighted by Gasteiger charge is 2.14. The number of rotatable bonds is 7. The van der Waals surface area contributed by atoms with Crippen LogP contribution in [0.4, 0.5) is 22.0 Å². The molecule has 9 heteroatoms. The van der Waals surface area contributed by atoms with Gasteiger partial charge in [-0.2, -0.15) is 0 Å². The first kappa shape index (κ1) is 25.2. The van der Waals surface area contributed by atoms with Gasteiger partial charge in [0.05, 0.1) is 5.56 Å². The Morgan fingerprint density at radius 3 is 2.33 bits per heavy atom. The van der Waals surface area contributed by atoms with Crippen LogP contribution in [-0.2, 0) is 5.75 Å². The Bertz CT molecular complexity index is 1380. The van der Waals surface area contributed by atoms with Gasteiger partial charge in [-0.25, -0.2) is 14.8 Å². The van der Waals surface area contributed by atoms with Crippen molar-refractivity contribution in [3.05, 3.63) is 106 Å². The Morgan fingerprint density at radius 2 is 1.58 bits per heavy atom. The van der Waals surface area contributed by atoms with Gasteiger partial charge in [-0.05, 0) is 91.2 Å². The number of benzene rings is 2. The number of hydrogen-bond donors (Lipinski definition) is 3. The number of hydrogen-bond acceptors (Lipinski definition) is 5. The van der Waals surface area contributed by atoms with Crippen molar-refractivity contribution >= 4 is 52.5 Å². The molecular formula is C27H24ClN5O2S. The zero-order chi connectivity index (χ0) is 25.5. The molecule has 182 valence electrons. The van der Waals surface area contributed by atoms with E-state index in [-0.39, 0.29) is 5.91 Å². The van der Waals surface area contributed by atoms with E-state index in [0.29, 0.717) is 32.9 Å². The molecule has 36 heavy (non-hydrogen) atoms. The molecule has 3 N–H and O–H groups in total. The molecule has 0 saturated carbocycles. The highest BCUT2D eigenvalue weighted by molar-refractivity contribution is 7.98. The molecule has 0 aliphatic heterocycles. The fourth-order valence-electron chi connectivity index (χ4n) is 3.52. The van der Waals surface area contributed by atoms with Gasteiger partial charge < -0.3 is 10.6 Å². The number of aromatic nitrogens is 2. The summed E-state index contributed by atoms with van der Waals surface area (Å²) >= 11 is 7.31. The summed E-state index contributed by atoms with van der Waals surface area (Å²) in [5.74, 6) is 0.733. The standard InChI is InChI=1S/C27H24ClN5O2S/c1-17-12-18(2)14-22(13-17)31-25(34)23-4-3-10-30-26(23)36-16-19-9-11-29-24(15-19)33-27(35)32-21-7-5-20(28)6-8-21/h3-15H,16H2,1-2H3,(H,31,34)(H2,29,32,33,35). The molecule has 0 spiro atoms. The van der Waals surface area contributed by atoms with E-state index in [1.165, 1.54) is 11.8 Å². The van der Waals surface area contributed by atoms with Gasteiger partial charge in [-0.15, -0.1) is 11.8 Å². The maximum atomic E-state index is 13.0. The molecule has 2 heterocycles. The largest absolute Gasteiger partial charge is 0.324 e. The van der Waals surface area contributed by atoms with Gasteiger partial charge in [-0.1, -0.05) is 17.7 Å². The third-order valence-electron chi connectivity index (χ3n) is 5.04. The summed E-state index contributed by atoms with van der Waals surface area (Å²) in [7, 11) is 0. The molecule has 0 atom stereocenters. The van der Waals surface area contributed by atoms with Gasteiger partial charge in [0.2, 0.25) is 0 Å². The van der Waals surface area contributed by atoms with Gasteiger partial charge in [0.25, 0.3) is 5.91 Å². The van der Waals surface area contributed by atoms with E-state index in [1.807, 2.05) is 32.0 Å². The normalized spacial score (nSPS) is 10.5. The average molecular weight is 518 g/mol. The number of carbonyl (C=O) groups excluding carboxylic acids is 2. The Hall–Kier alpha value is -3.88. The number of aryl methyl sites for hydroxylation is 2. The van der Waals surface area contributed by atoms with Gasteiger partial charge in [0.15, 0.2) is 0 Å². The third kappa shape index (κ3) is 7.07. The van der Waals surface area contributed by atoms with Crippen LogP contribution in [0.15, 0.2) is 84.1 Å². The first-order valence-corrected chi connectivity index (χ1v) is 12.5. The van der Waals surface area contributed by atoms with E-state index < -0.39 is 6.03 Å². The first-order valence-electron chi connectivity index (χ1n) is 11.1. The zero-order valence-electron chi connectivity index (χ0n) is 19.7. The molecule has 0 unspecified atom stereocenters. The summed E-state index contributed by atoms with van der Waals surface area (Å²) in [6.07, 6.45) is 3.29. The number of halogens is 1. The number of nitrogens with one attached hydrogen (secondary N) is 3. The molecule has 0 aliphatic carbocycles. The molecule has 3 amide bonds. The highest BCUT2D eigenvalue weighted by Crippen LogP contribution is 2.26. The van der Waals surface area contributed by atoms with Crippen molar-refractivity contribution in [2.45, 2.75) is 24.6 Å². The lowest BCUT2D eigenvalue weighted by molar-refractivity contribution is 0.102. The van der Waals surface area contributed by atoms with Crippen LogP contribution in [-0.4, -0.2) is 21.9 Å². The van der Waals surface area contributed by atoms with E-state index in [1.54, 1.807) is 54.9 Å². The fourth-order valence-corrected chi connectivity index (χ4v) is 4.58. The summed E-state index contributed by atoms with van der Waals surface area (Å²) in [4.78, 5) is 33.9. The van der Waals surface area contributed by atoms with Crippen LogP contribution < -0.4 is 16.0 Å². The molecule has 4 rings (SSSR count). The lowest BCUT2D eigenvalue weighted by Gasteiger charge is -2.11. The predicted octanol–water partition coefficient (Wildman–Crippen LogP) is 6.94. The maximum absolute atomic E-state index is 13.0. The maximum Gasteiger partial charge on any atom is 0.324 e. The van der Waals surface area contributed by atoms with Crippen LogP contribution >= 0.6 is 23.4 Å². The smallest absolute Gasteiger partial charge is 0.322 e. The van der Waals surface area contributed by atoms with E-state index in [2.05, 4.69) is 32.0 Å². The molecule has 2 aromatic heterocycles. The molecule has 0 fully saturated rings. The number of thioether (sulfide) groups is 1. The van der Waals surface area contributed by atoms with Crippen LogP contribution in [0.5, 0.6) is 0 Å². The second kappa shape index (κ2) is 11.7. The minimum absolute atomic E-state index is 0.216. The molecule has 0 radical (unpaired) electrons. The quantitative estimate of drug-likeness (QED) is 0.231. The predicted molar refractivity (Wildman–Crippen MR) is 146 cm³/mol. The van der Waals surface area contributed by atoms with Crippen LogP contribution in [0.25, 0.3) is 0 Å². The molecule has 7 nitrogen and oxygen atoms in total. The van der Waals surface area contributed by atoms with E-state index in [4.69, 9.17) is 11.6 Å². The molecule has 0 aliphatic rings. The Labute approximate surface area is 218 Å². The fraction of sp³-hybridized carbons (Fsp3) is 0.111. The van der Waals surface area contributed by atoms with Crippen molar-refractivity contribution in [3.63, 3.8) is 0 Å². The van der Waals surface area contributed by atoms with Crippen LogP contribution in [0.3, 0.4) is 0 Å². The number of amides is 3. The van der Waals surface area contributed by atoms with E-state index in [0.717, 1.165) is 22.4 Å². The number of nitrogens with zero attached hydrogens (tertiary/aromatic N) is 2. The first-order chi connectivity index (χ1) is 17.4. The lowest BCUT2D eigenvalue weighted by Crippen LogP contribution is -2.20. The summed E-state index contributed by atoms with van der Waals surface area (Å²) < 4.78 is 0. The second-order valence-electron chi connectivity index (χ2n) is 8.11. The summed E-state index contributed by atoms with van der Waals surface area (Å²) in [6.45, 7) is 3.99. The average Bonchev–Trinajstić information content (AvgIpc) is 2.84. The van der Waals surface area contributed by atoms with E-state index >= 15 is 0 Å². The Kier molecular flexibility index (Phi) is 8.20. The Morgan fingerprint density at radius 1 is 0.833 bits per heavy atom. The number of carbonyl (C=O) groups is 2. The van der Waals surface area contributed by atoms with Crippen molar-refractivity contribution in [1.29, 1.82) is 0 Å². The topological polar surface area (TPSA) is 96.0 Å². The van der Waals surface area contributed by atoms with Crippen molar-refractivity contribution in [2.24, 2.45) is 0 Å². The summed E-state index contributed by atoms with van der Waals surface area (Å²) in [5, 5.41) is 9.63. The molecule has 2 aromatic carbocycles. The van der Waals surface area contributed by atoms with Crippen LogP contribution in [0.1, 0.15) is 27.0 Å². The van der Waals surface area contributed by atoms with Gasteiger partial charge >= 0.3 is 6.03 Å². The zero-order valence-corrected chi connectivity index (χ0v) is 21.3.